The van der Waals surface area contributed by atoms with Gasteiger partial charge in [-0.15, -0.1) is 0 Å². The van der Waals surface area contributed by atoms with E-state index in [-0.39, 0.29) is 0 Å². The Morgan fingerprint density at radius 2 is 2.40 bits per heavy atom. The van der Waals surface area contributed by atoms with Crippen LogP contribution >= 0.6 is 0 Å². The fraction of sp³-hybridized carbons (Fsp3) is 0.125. The molecule has 0 bridgehead atoms. The largest absolute Gasteiger partial charge is 0.508 e. The number of rotatable bonds is 0. The zero-order chi connectivity index (χ0) is 6.97. The van der Waals surface area contributed by atoms with Crippen LogP contribution in [0.3, 0.4) is 0 Å². The molecule has 0 atom stereocenters. The van der Waals surface area contributed by atoms with E-state index in [0.717, 1.165) is 17.5 Å². The summed E-state index contributed by atoms with van der Waals surface area (Å²) in [5, 5.41) is 9.21. The average molecular weight is 133 g/mol. The average Bonchev–Trinajstić information content (AvgIpc) is 2.34. The highest BCUT2D eigenvalue weighted by Gasteiger charge is 2.10. The zero-order valence-corrected chi connectivity index (χ0v) is 5.41. The highest BCUT2D eigenvalue weighted by Crippen LogP contribution is 2.23. The molecule has 1 aliphatic carbocycles. The number of hydrogen-bond donors (Lipinski definition) is 1. The number of aromatic nitrogens is 1. The van der Waals surface area contributed by atoms with Crippen LogP contribution in [0.4, 0.5) is 0 Å². The molecule has 2 heteroatoms. The van der Waals surface area contributed by atoms with Crippen molar-refractivity contribution in [1.82, 2.24) is 4.98 Å². The number of hydrogen-bond acceptors (Lipinski definition) is 2. The fourth-order valence-corrected chi connectivity index (χ4v) is 1.16. The van der Waals surface area contributed by atoms with Crippen molar-refractivity contribution in [2.75, 3.05) is 0 Å². The SMILES string of the molecule is OC1=CCc2cnccc21. The molecule has 1 N–H and O–H groups in total. The molecule has 0 unspecified atom stereocenters. The molecule has 0 amide bonds. The second-order valence-corrected chi connectivity index (χ2v) is 2.33. The third-order valence-corrected chi connectivity index (χ3v) is 1.69. The van der Waals surface area contributed by atoms with Crippen molar-refractivity contribution in [3.63, 3.8) is 0 Å². The summed E-state index contributed by atoms with van der Waals surface area (Å²) in [6.45, 7) is 0. The van der Waals surface area contributed by atoms with Gasteiger partial charge in [0.05, 0.1) is 0 Å². The van der Waals surface area contributed by atoms with E-state index >= 15 is 0 Å². The van der Waals surface area contributed by atoms with Gasteiger partial charge in [-0.05, 0) is 24.1 Å². The van der Waals surface area contributed by atoms with Gasteiger partial charge in [0.1, 0.15) is 5.76 Å². The maximum absolute atomic E-state index is 9.21. The van der Waals surface area contributed by atoms with Crippen LogP contribution < -0.4 is 0 Å². The van der Waals surface area contributed by atoms with E-state index in [1.807, 2.05) is 6.07 Å². The van der Waals surface area contributed by atoms with Gasteiger partial charge in [0, 0.05) is 18.0 Å². The monoisotopic (exact) mass is 133 g/mol. The summed E-state index contributed by atoms with van der Waals surface area (Å²) in [7, 11) is 0. The van der Waals surface area contributed by atoms with Gasteiger partial charge in [-0.1, -0.05) is 0 Å². The quantitative estimate of drug-likeness (QED) is 0.582. The summed E-state index contributed by atoms with van der Waals surface area (Å²) < 4.78 is 0. The molecule has 0 aliphatic heterocycles. The van der Waals surface area contributed by atoms with Crippen LogP contribution in [0.25, 0.3) is 5.76 Å². The van der Waals surface area contributed by atoms with Crippen LogP contribution in [0.1, 0.15) is 11.1 Å². The molecule has 1 aromatic heterocycles. The van der Waals surface area contributed by atoms with E-state index in [1.54, 1.807) is 18.5 Å². The molecule has 0 saturated heterocycles. The van der Waals surface area contributed by atoms with Crippen LogP contribution in [0.5, 0.6) is 0 Å². The summed E-state index contributed by atoms with van der Waals surface area (Å²) in [6.07, 6.45) is 6.09. The normalized spacial score (nSPS) is 14.6. The number of aliphatic hydroxyl groups is 1. The third-order valence-electron chi connectivity index (χ3n) is 1.69. The van der Waals surface area contributed by atoms with Crippen LogP contribution in [0.15, 0.2) is 24.5 Å². The summed E-state index contributed by atoms with van der Waals surface area (Å²) in [4.78, 5) is 3.95. The predicted molar refractivity (Wildman–Crippen MR) is 38.5 cm³/mol. The Hall–Kier alpha value is -1.31. The standard InChI is InChI=1S/C8H7NO/c10-8-2-1-6-5-9-4-3-7(6)8/h2-5,10H,1H2. The molecule has 1 aliphatic rings. The summed E-state index contributed by atoms with van der Waals surface area (Å²) in [6, 6.07) is 1.83. The number of fused-ring (bicyclic) bond motifs is 1. The van der Waals surface area contributed by atoms with Gasteiger partial charge in [-0.3, -0.25) is 4.98 Å². The minimum absolute atomic E-state index is 0.386. The second-order valence-electron chi connectivity index (χ2n) is 2.33. The first-order valence-electron chi connectivity index (χ1n) is 3.20. The molecule has 0 aromatic carbocycles. The first-order valence-corrected chi connectivity index (χ1v) is 3.20. The lowest BCUT2D eigenvalue weighted by atomic mass is 10.2. The van der Waals surface area contributed by atoms with Crippen molar-refractivity contribution >= 4 is 5.76 Å². The lowest BCUT2D eigenvalue weighted by Gasteiger charge is -1.95. The molecule has 1 heterocycles. The molecule has 1 aromatic rings. The van der Waals surface area contributed by atoms with Gasteiger partial charge in [0.25, 0.3) is 0 Å². The van der Waals surface area contributed by atoms with E-state index in [9.17, 15) is 5.11 Å². The molecule has 0 fully saturated rings. The topological polar surface area (TPSA) is 33.1 Å². The predicted octanol–water partition coefficient (Wildman–Crippen LogP) is 1.54. The van der Waals surface area contributed by atoms with E-state index in [1.165, 1.54) is 0 Å². The van der Waals surface area contributed by atoms with Crippen molar-refractivity contribution in [1.29, 1.82) is 0 Å². The Morgan fingerprint density at radius 3 is 3.20 bits per heavy atom. The third kappa shape index (κ3) is 0.620. The Kier molecular flexibility index (Phi) is 1.01. The lowest BCUT2D eigenvalue weighted by molar-refractivity contribution is 0.513. The highest BCUT2D eigenvalue weighted by atomic mass is 16.3. The van der Waals surface area contributed by atoms with Crippen molar-refractivity contribution < 1.29 is 5.11 Å². The summed E-state index contributed by atoms with van der Waals surface area (Å²) >= 11 is 0. The minimum atomic E-state index is 0.386. The van der Waals surface area contributed by atoms with Gasteiger partial charge in [-0.25, -0.2) is 0 Å². The fourth-order valence-electron chi connectivity index (χ4n) is 1.16. The van der Waals surface area contributed by atoms with Crippen molar-refractivity contribution in [2.45, 2.75) is 6.42 Å². The summed E-state index contributed by atoms with van der Waals surface area (Å²) in [5.74, 6) is 0.386. The van der Waals surface area contributed by atoms with E-state index in [2.05, 4.69) is 4.98 Å². The maximum Gasteiger partial charge on any atom is 0.119 e. The van der Waals surface area contributed by atoms with Crippen LogP contribution in [0, 0.1) is 0 Å². The molecule has 0 spiro atoms. The highest BCUT2D eigenvalue weighted by molar-refractivity contribution is 5.66. The van der Waals surface area contributed by atoms with Gasteiger partial charge < -0.3 is 5.11 Å². The Bertz CT molecular complexity index is 291. The first kappa shape index (κ1) is 5.47. The zero-order valence-electron chi connectivity index (χ0n) is 5.41. The minimum Gasteiger partial charge on any atom is -0.508 e. The maximum atomic E-state index is 9.21. The lowest BCUT2D eigenvalue weighted by Crippen LogP contribution is -1.83. The number of pyridine rings is 1. The van der Waals surface area contributed by atoms with Crippen molar-refractivity contribution in [3.8, 4) is 0 Å². The van der Waals surface area contributed by atoms with Crippen molar-refractivity contribution in [2.24, 2.45) is 0 Å². The number of allylic oxidation sites excluding steroid dienone is 1. The van der Waals surface area contributed by atoms with Gasteiger partial charge in [0.2, 0.25) is 0 Å². The molecule has 0 radical (unpaired) electrons. The molecular weight excluding hydrogens is 126 g/mol. The molecular formula is C8H7NO. The second kappa shape index (κ2) is 1.84. The molecule has 50 valence electrons. The summed E-state index contributed by atoms with van der Waals surface area (Å²) in [5.41, 5.74) is 2.04. The Labute approximate surface area is 58.8 Å². The van der Waals surface area contributed by atoms with Crippen molar-refractivity contribution in [3.05, 3.63) is 35.7 Å². The number of aliphatic hydroxyl groups excluding tert-OH is 1. The van der Waals surface area contributed by atoms with Crippen LogP contribution in [0.2, 0.25) is 0 Å². The molecule has 10 heavy (non-hydrogen) atoms. The van der Waals surface area contributed by atoms with Gasteiger partial charge in [-0.2, -0.15) is 0 Å². The van der Waals surface area contributed by atoms with Crippen LogP contribution in [-0.2, 0) is 6.42 Å². The van der Waals surface area contributed by atoms with E-state index in [4.69, 9.17) is 0 Å². The number of nitrogens with zero attached hydrogens (tertiary/aromatic N) is 1. The van der Waals surface area contributed by atoms with E-state index in [0.29, 0.717) is 5.76 Å². The molecule has 2 rings (SSSR count). The van der Waals surface area contributed by atoms with E-state index < -0.39 is 0 Å². The van der Waals surface area contributed by atoms with Crippen LogP contribution in [-0.4, -0.2) is 10.1 Å². The first-order chi connectivity index (χ1) is 4.88. The Morgan fingerprint density at radius 1 is 1.50 bits per heavy atom. The molecule has 2 nitrogen and oxygen atoms in total. The smallest absolute Gasteiger partial charge is 0.119 e. The van der Waals surface area contributed by atoms with Gasteiger partial charge >= 0.3 is 0 Å². The Balaban J connectivity index is 2.61. The van der Waals surface area contributed by atoms with Gasteiger partial charge in [0.15, 0.2) is 0 Å². The molecule has 0 saturated carbocycles.